The molecule has 0 fully saturated rings. The summed E-state index contributed by atoms with van der Waals surface area (Å²) in [5.74, 6) is -0.709. The van der Waals surface area contributed by atoms with Crippen molar-refractivity contribution in [1.82, 2.24) is 0 Å². The highest BCUT2D eigenvalue weighted by molar-refractivity contribution is 5.90. The van der Waals surface area contributed by atoms with Gasteiger partial charge in [0.05, 0.1) is 12.7 Å². The number of aromatic hydroxyl groups is 2. The van der Waals surface area contributed by atoms with Gasteiger partial charge in [-0.3, -0.25) is 0 Å². The van der Waals surface area contributed by atoms with Crippen LogP contribution in [0.25, 0.3) is 0 Å². The third-order valence-electron chi connectivity index (χ3n) is 3.23. The molecule has 5 heteroatoms. The minimum absolute atomic E-state index is 0.147. The molecule has 0 aliphatic carbocycles. The standard InChI is InChI=1S/C16H17NO4/c1-10-6-7-11(16(20)21-2)8-13(10)17-9-12-4-3-5-14(18)15(12)19/h3-8,17-19H,9H2,1-2H3. The summed E-state index contributed by atoms with van der Waals surface area (Å²) < 4.78 is 4.69. The number of hydrogen-bond acceptors (Lipinski definition) is 5. The third-order valence-corrected chi connectivity index (χ3v) is 3.23. The summed E-state index contributed by atoms with van der Waals surface area (Å²) in [4.78, 5) is 11.5. The van der Waals surface area contributed by atoms with Gasteiger partial charge >= 0.3 is 5.97 Å². The SMILES string of the molecule is COC(=O)c1ccc(C)c(NCc2cccc(O)c2O)c1. The van der Waals surface area contributed by atoms with Crippen molar-refractivity contribution in [2.45, 2.75) is 13.5 Å². The number of carbonyl (C=O) groups excluding carboxylic acids is 1. The van der Waals surface area contributed by atoms with E-state index < -0.39 is 5.97 Å². The summed E-state index contributed by atoms with van der Waals surface area (Å²) in [6.45, 7) is 2.23. The highest BCUT2D eigenvalue weighted by atomic mass is 16.5. The highest BCUT2D eigenvalue weighted by Crippen LogP contribution is 2.29. The molecule has 0 radical (unpaired) electrons. The molecule has 2 rings (SSSR count). The number of hydrogen-bond donors (Lipinski definition) is 3. The summed E-state index contributed by atoms with van der Waals surface area (Å²) in [6.07, 6.45) is 0. The number of carbonyl (C=O) groups is 1. The minimum Gasteiger partial charge on any atom is -0.504 e. The average Bonchev–Trinajstić information content (AvgIpc) is 2.49. The first-order valence-electron chi connectivity index (χ1n) is 6.45. The molecule has 21 heavy (non-hydrogen) atoms. The van der Waals surface area contributed by atoms with Crippen molar-refractivity contribution in [2.75, 3.05) is 12.4 Å². The van der Waals surface area contributed by atoms with Gasteiger partial charge in [0.2, 0.25) is 0 Å². The number of nitrogens with one attached hydrogen (secondary N) is 1. The van der Waals surface area contributed by atoms with E-state index in [-0.39, 0.29) is 11.5 Å². The van der Waals surface area contributed by atoms with Crippen molar-refractivity contribution in [1.29, 1.82) is 0 Å². The molecule has 0 amide bonds. The van der Waals surface area contributed by atoms with Crippen LogP contribution in [0.3, 0.4) is 0 Å². The fourth-order valence-electron chi connectivity index (χ4n) is 1.97. The van der Waals surface area contributed by atoms with Crippen molar-refractivity contribution in [3.05, 3.63) is 53.1 Å². The van der Waals surface area contributed by atoms with Crippen LogP contribution in [0.5, 0.6) is 11.5 Å². The average molecular weight is 287 g/mol. The largest absolute Gasteiger partial charge is 0.504 e. The van der Waals surface area contributed by atoms with Gasteiger partial charge < -0.3 is 20.3 Å². The Kier molecular flexibility index (Phi) is 4.33. The lowest BCUT2D eigenvalue weighted by molar-refractivity contribution is 0.0601. The Bertz CT molecular complexity index is 667. The number of phenols is 2. The van der Waals surface area contributed by atoms with Crippen molar-refractivity contribution in [3.8, 4) is 11.5 Å². The van der Waals surface area contributed by atoms with Gasteiger partial charge in [-0.1, -0.05) is 18.2 Å². The summed E-state index contributed by atoms with van der Waals surface area (Å²) in [7, 11) is 1.33. The second-order valence-corrected chi connectivity index (χ2v) is 4.66. The topological polar surface area (TPSA) is 78.8 Å². The normalized spacial score (nSPS) is 10.2. The first kappa shape index (κ1) is 14.7. The molecule has 5 nitrogen and oxygen atoms in total. The molecule has 0 saturated heterocycles. The van der Waals surface area contributed by atoms with Gasteiger partial charge in [-0.15, -0.1) is 0 Å². The molecule has 0 spiro atoms. The number of rotatable bonds is 4. The third kappa shape index (κ3) is 3.25. The van der Waals surface area contributed by atoms with Crippen LogP contribution in [-0.4, -0.2) is 23.3 Å². The van der Waals surface area contributed by atoms with E-state index in [1.165, 1.54) is 13.2 Å². The second-order valence-electron chi connectivity index (χ2n) is 4.66. The van der Waals surface area contributed by atoms with Gasteiger partial charge in [0.25, 0.3) is 0 Å². The predicted molar refractivity (Wildman–Crippen MR) is 79.6 cm³/mol. The Morgan fingerprint density at radius 2 is 2.00 bits per heavy atom. The van der Waals surface area contributed by atoms with Gasteiger partial charge in [0.1, 0.15) is 0 Å². The van der Waals surface area contributed by atoms with Gasteiger partial charge in [0.15, 0.2) is 11.5 Å². The lowest BCUT2D eigenvalue weighted by Crippen LogP contribution is -2.05. The second kappa shape index (κ2) is 6.17. The molecule has 2 aromatic carbocycles. The van der Waals surface area contributed by atoms with Crippen LogP contribution in [0, 0.1) is 6.92 Å². The molecule has 0 aliphatic heterocycles. The fraction of sp³-hybridized carbons (Fsp3) is 0.188. The first-order chi connectivity index (χ1) is 10.0. The van der Waals surface area contributed by atoms with E-state index in [0.717, 1.165) is 11.3 Å². The number of benzene rings is 2. The number of phenolic OH excluding ortho intramolecular Hbond substituents is 2. The molecule has 2 aromatic rings. The zero-order valence-corrected chi connectivity index (χ0v) is 11.9. The van der Waals surface area contributed by atoms with E-state index in [2.05, 4.69) is 10.1 Å². The van der Waals surface area contributed by atoms with E-state index in [0.29, 0.717) is 17.7 Å². The highest BCUT2D eigenvalue weighted by Gasteiger charge is 2.09. The molecular weight excluding hydrogens is 270 g/mol. The lowest BCUT2D eigenvalue weighted by atomic mass is 10.1. The van der Waals surface area contributed by atoms with Crippen LogP contribution in [0.2, 0.25) is 0 Å². The van der Waals surface area contributed by atoms with Crippen molar-refractivity contribution in [3.63, 3.8) is 0 Å². The fourth-order valence-corrected chi connectivity index (χ4v) is 1.97. The summed E-state index contributed by atoms with van der Waals surface area (Å²) in [5.41, 5.74) is 2.74. The molecule has 0 unspecified atom stereocenters. The van der Waals surface area contributed by atoms with Gasteiger partial charge in [-0.05, 0) is 30.7 Å². The Morgan fingerprint density at radius 1 is 1.24 bits per heavy atom. The molecule has 0 heterocycles. The lowest BCUT2D eigenvalue weighted by Gasteiger charge is -2.12. The minimum atomic E-state index is -0.404. The zero-order chi connectivity index (χ0) is 15.4. The molecule has 0 bridgehead atoms. The van der Waals surface area contributed by atoms with Gasteiger partial charge in [-0.2, -0.15) is 0 Å². The number of anilines is 1. The van der Waals surface area contributed by atoms with Crippen LogP contribution in [-0.2, 0) is 11.3 Å². The monoisotopic (exact) mass is 287 g/mol. The maximum atomic E-state index is 11.5. The van der Waals surface area contributed by atoms with Crippen LogP contribution < -0.4 is 5.32 Å². The van der Waals surface area contributed by atoms with E-state index in [9.17, 15) is 15.0 Å². The van der Waals surface area contributed by atoms with Crippen molar-refractivity contribution >= 4 is 11.7 Å². The van der Waals surface area contributed by atoms with Gasteiger partial charge in [-0.25, -0.2) is 4.79 Å². The maximum Gasteiger partial charge on any atom is 0.337 e. The summed E-state index contributed by atoms with van der Waals surface area (Å²) in [6, 6.07) is 9.99. The Morgan fingerprint density at radius 3 is 2.71 bits per heavy atom. The molecular formula is C16H17NO4. The van der Waals surface area contributed by atoms with Crippen molar-refractivity contribution < 1.29 is 19.7 Å². The summed E-state index contributed by atoms with van der Waals surface area (Å²) in [5, 5.41) is 22.4. The van der Waals surface area contributed by atoms with Crippen LogP contribution in [0.4, 0.5) is 5.69 Å². The Balaban J connectivity index is 2.19. The first-order valence-corrected chi connectivity index (χ1v) is 6.45. The quantitative estimate of drug-likeness (QED) is 0.595. The summed E-state index contributed by atoms with van der Waals surface area (Å²) >= 11 is 0. The molecule has 0 atom stereocenters. The van der Waals surface area contributed by atoms with E-state index in [1.54, 1.807) is 24.3 Å². The van der Waals surface area contributed by atoms with Crippen LogP contribution in [0.15, 0.2) is 36.4 Å². The van der Waals surface area contributed by atoms with Crippen LogP contribution in [0.1, 0.15) is 21.5 Å². The molecule has 0 aromatic heterocycles. The number of aryl methyl sites for hydroxylation is 1. The van der Waals surface area contributed by atoms with E-state index in [1.807, 2.05) is 13.0 Å². The Hall–Kier alpha value is -2.69. The zero-order valence-electron chi connectivity index (χ0n) is 11.9. The number of para-hydroxylation sites is 1. The maximum absolute atomic E-state index is 11.5. The predicted octanol–water partition coefficient (Wildman–Crippen LogP) is 2.80. The molecule has 110 valence electrons. The smallest absolute Gasteiger partial charge is 0.337 e. The molecule has 0 saturated carbocycles. The van der Waals surface area contributed by atoms with Crippen LogP contribution >= 0.6 is 0 Å². The van der Waals surface area contributed by atoms with E-state index in [4.69, 9.17) is 0 Å². The molecule has 3 N–H and O–H groups in total. The number of ether oxygens (including phenoxy) is 1. The van der Waals surface area contributed by atoms with E-state index >= 15 is 0 Å². The number of methoxy groups -OCH3 is 1. The van der Waals surface area contributed by atoms with Crippen molar-refractivity contribution in [2.24, 2.45) is 0 Å². The van der Waals surface area contributed by atoms with Gasteiger partial charge in [0, 0.05) is 17.8 Å². The Labute approximate surface area is 122 Å². The number of esters is 1. The molecule has 0 aliphatic rings.